The molecule has 3 aromatic heterocycles. The van der Waals surface area contributed by atoms with Crippen LogP contribution in [0.3, 0.4) is 0 Å². The number of thiazole rings is 1. The SMILES string of the molecule is COc1ccc(CN(C(=O)c2cnc(Nc3cc(-c4ccnc(N5CCOCC5)c4)nc(C)n3)s2)c2c(C)cccc2Cl)cc1. The van der Waals surface area contributed by atoms with Gasteiger partial charge in [0, 0.05) is 30.9 Å². The van der Waals surface area contributed by atoms with Gasteiger partial charge in [0.1, 0.15) is 28.1 Å². The Morgan fingerprint density at radius 1 is 1.07 bits per heavy atom. The van der Waals surface area contributed by atoms with E-state index < -0.39 is 0 Å². The first-order chi connectivity index (χ1) is 21.9. The molecular weight excluding hydrogens is 610 g/mol. The molecule has 6 rings (SSSR count). The van der Waals surface area contributed by atoms with Crippen LogP contribution in [0, 0.1) is 13.8 Å². The highest BCUT2D eigenvalue weighted by Gasteiger charge is 2.24. The fourth-order valence-electron chi connectivity index (χ4n) is 5.13. The van der Waals surface area contributed by atoms with Crippen LogP contribution >= 0.6 is 22.9 Å². The van der Waals surface area contributed by atoms with Gasteiger partial charge < -0.3 is 24.6 Å². The molecule has 0 aliphatic carbocycles. The van der Waals surface area contributed by atoms with Crippen molar-refractivity contribution in [1.82, 2.24) is 19.9 Å². The Balaban J connectivity index is 1.25. The molecule has 1 aliphatic heterocycles. The molecule has 230 valence electrons. The Hall–Kier alpha value is -4.58. The summed E-state index contributed by atoms with van der Waals surface area (Å²) >= 11 is 7.90. The molecule has 0 radical (unpaired) electrons. The van der Waals surface area contributed by atoms with Crippen LogP contribution in [0.5, 0.6) is 5.75 Å². The highest BCUT2D eigenvalue weighted by molar-refractivity contribution is 7.17. The summed E-state index contributed by atoms with van der Waals surface area (Å²) in [6, 6.07) is 19.1. The number of hydrogen-bond donors (Lipinski definition) is 1. The van der Waals surface area contributed by atoms with E-state index >= 15 is 0 Å². The molecule has 0 bridgehead atoms. The zero-order valence-corrected chi connectivity index (χ0v) is 26.7. The van der Waals surface area contributed by atoms with Crippen LogP contribution in [0.15, 0.2) is 73.1 Å². The molecule has 45 heavy (non-hydrogen) atoms. The number of rotatable bonds is 9. The van der Waals surface area contributed by atoms with Crippen LogP contribution in [-0.4, -0.2) is 59.3 Å². The number of pyridine rings is 1. The van der Waals surface area contributed by atoms with E-state index in [9.17, 15) is 4.79 Å². The van der Waals surface area contributed by atoms with Gasteiger partial charge >= 0.3 is 0 Å². The van der Waals surface area contributed by atoms with Gasteiger partial charge in [-0.25, -0.2) is 19.9 Å². The van der Waals surface area contributed by atoms with Gasteiger partial charge in [-0.15, -0.1) is 0 Å². The molecule has 1 fully saturated rings. The van der Waals surface area contributed by atoms with Gasteiger partial charge in [-0.05, 0) is 55.3 Å². The first kappa shape index (κ1) is 30.4. The Morgan fingerprint density at radius 2 is 1.87 bits per heavy atom. The minimum Gasteiger partial charge on any atom is -0.497 e. The molecule has 2 aromatic carbocycles. The van der Waals surface area contributed by atoms with Crippen molar-refractivity contribution >= 4 is 51.3 Å². The maximum atomic E-state index is 14.0. The van der Waals surface area contributed by atoms with E-state index in [0.29, 0.717) is 52.1 Å². The lowest BCUT2D eigenvalue weighted by Crippen LogP contribution is -2.36. The smallest absolute Gasteiger partial charge is 0.270 e. The summed E-state index contributed by atoms with van der Waals surface area (Å²) < 4.78 is 10.8. The predicted molar refractivity (Wildman–Crippen MR) is 178 cm³/mol. The number of hydrogen-bond acceptors (Lipinski definition) is 10. The van der Waals surface area contributed by atoms with Crippen LogP contribution in [0.25, 0.3) is 11.3 Å². The zero-order chi connectivity index (χ0) is 31.3. The lowest BCUT2D eigenvalue weighted by molar-refractivity contribution is 0.0988. The second kappa shape index (κ2) is 13.6. The summed E-state index contributed by atoms with van der Waals surface area (Å²) in [5, 5.41) is 4.31. The number of amides is 1. The van der Waals surface area contributed by atoms with Crippen molar-refractivity contribution in [3.8, 4) is 17.0 Å². The average Bonchev–Trinajstić information content (AvgIpc) is 3.52. The summed E-state index contributed by atoms with van der Waals surface area (Å²) in [7, 11) is 1.62. The first-order valence-electron chi connectivity index (χ1n) is 14.5. The maximum Gasteiger partial charge on any atom is 0.270 e. The molecule has 12 heteroatoms. The second-order valence-electron chi connectivity index (χ2n) is 10.5. The van der Waals surface area contributed by atoms with Gasteiger partial charge in [-0.2, -0.15) is 0 Å². The number of para-hydroxylation sites is 1. The van der Waals surface area contributed by atoms with E-state index in [2.05, 4.69) is 30.2 Å². The molecule has 10 nitrogen and oxygen atoms in total. The maximum absolute atomic E-state index is 14.0. The monoisotopic (exact) mass is 641 g/mol. The number of ether oxygens (including phenoxy) is 2. The summed E-state index contributed by atoms with van der Waals surface area (Å²) in [6.07, 6.45) is 3.37. The number of anilines is 4. The first-order valence-corrected chi connectivity index (χ1v) is 15.6. The molecule has 0 saturated carbocycles. The summed E-state index contributed by atoms with van der Waals surface area (Å²) in [6.45, 7) is 7.07. The van der Waals surface area contributed by atoms with Crippen LogP contribution < -0.4 is 19.9 Å². The van der Waals surface area contributed by atoms with E-state index in [1.165, 1.54) is 11.3 Å². The minimum absolute atomic E-state index is 0.209. The molecule has 5 aromatic rings. The average molecular weight is 642 g/mol. The number of morpholine rings is 1. The van der Waals surface area contributed by atoms with Crippen molar-refractivity contribution in [3.63, 3.8) is 0 Å². The van der Waals surface area contributed by atoms with Gasteiger partial charge in [0.25, 0.3) is 5.91 Å². The van der Waals surface area contributed by atoms with Crippen molar-refractivity contribution < 1.29 is 14.3 Å². The Labute approximate surface area is 270 Å². The van der Waals surface area contributed by atoms with Crippen molar-refractivity contribution in [2.24, 2.45) is 0 Å². The normalized spacial score (nSPS) is 13.0. The molecular formula is C33H32ClN7O3S. The number of benzene rings is 2. The van der Waals surface area contributed by atoms with E-state index in [1.807, 2.05) is 68.4 Å². The second-order valence-corrected chi connectivity index (χ2v) is 11.9. The Kier molecular flexibility index (Phi) is 9.20. The van der Waals surface area contributed by atoms with Gasteiger partial charge in [-0.3, -0.25) is 4.79 Å². The van der Waals surface area contributed by atoms with E-state index in [1.54, 1.807) is 30.5 Å². The molecule has 1 N–H and O–H groups in total. The number of nitrogens with zero attached hydrogens (tertiary/aromatic N) is 6. The lowest BCUT2D eigenvalue weighted by atomic mass is 10.1. The number of methoxy groups -OCH3 is 1. The van der Waals surface area contributed by atoms with E-state index in [4.69, 9.17) is 21.1 Å². The summed E-state index contributed by atoms with van der Waals surface area (Å²) in [5.41, 5.74) is 4.18. The van der Waals surface area contributed by atoms with Crippen molar-refractivity contribution in [2.45, 2.75) is 20.4 Å². The lowest BCUT2D eigenvalue weighted by Gasteiger charge is -2.28. The molecule has 1 aliphatic rings. The van der Waals surface area contributed by atoms with Crippen LogP contribution in [0.2, 0.25) is 5.02 Å². The number of aromatic nitrogens is 4. The number of halogens is 1. The predicted octanol–water partition coefficient (Wildman–Crippen LogP) is 6.70. The molecule has 0 unspecified atom stereocenters. The molecule has 4 heterocycles. The van der Waals surface area contributed by atoms with Gasteiger partial charge in [0.05, 0.1) is 49.5 Å². The minimum atomic E-state index is -0.209. The van der Waals surface area contributed by atoms with Crippen LogP contribution in [-0.2, 0) is 11.3 Å². The van der Waals surface area contributed by atoms with Crippen LogP contribution in [0.1, 0.15) is 26.6 Å². The molecule has 1 saturated heterocycles. The van der Waals surface area contributed by atoms with Crippen molar-refractivity contribution in [3.05, 3.63) is 99.9 Å². The topological polar surface area (TPSA) is 106 Å². The van der Waals surface area contributed by atoms with Gasteiger partial charge in [0.2, 0.25) is 0 Å². The zero-order valence-electron chi connectivity index (χ0n) is 25.2. The number of carbonyl (C=O) groups is 1. The van der Waals surface area contributed by atoms with Crippen LogP contribution in [0.4, 0.5) is 22.5 Å². The molecule has 1 amide bonds. The fourth-order valence-corrected chi connectivity index (χ4v) is 6.22. The molecule has 0 spiro atoms. The van der Waals surface area contributed by atoms with E-state index in [0.717, 1.165) is 47.0 Å². The third-order valence-electron chi connectivity index (χ3n) is 7.37. The van der Waals surface area contributed by atoms with E-state index in [-0.39, 0.29) is 5.91 Å². The van der Waals surface area contributed by atoms with Gasteiger partial charge in [0.15, 0.2) is 5.13 Å². The third-order valence-corrected chi connectivity index (χ3v) is 8.57. The highest BCUT2D eigenvalue weighted by Crippen LogP contribution is 2.34. The Morgan fingerprint density at radius 3 is 2.62 bits per heavy atom. The van der Waals surface area contributed by atoms with Crippen molar-refractivity contribution in [2.75, 3.05) is 48.5 Å². The number of nitrogens with one attached hydrogen (secondary N) is 1. The third kappa shape index (κ3) is 7.06. The quantitative estimate of drug-likeness (QED) is 0.188. The largest absolute Gasteiger partial charge is 0.497 e. The van der Waals surface area contributed by atoms with Gasteiger partial charge in [-0.1, -0.05) is 47.2 Å². The standard InChI is InChI=1S/C33H32ClN7O3S/c1-21-5-4-6-26(34)31(21)41(20-23-7-9-25(43-3)10-8-23)32(42)28-19-36-33(45-28)39-29-18-27(37-22(2)38-29)24-11-12-35-30(17-24)40-13-15-44-16-14-40/h4-12,17-19H,13-16,20H2,1-3H3,(H,36,37,38,39). The number of carbonyl (C=O) groups excluding carboxylic acids is 1. The molecule has 0 atom stereocenters. The fraction of sp³-hybridized carbons (Fsp3) is 0.242. The number of aryl methyl sites for hydroxylation is 2. The highest BCUT2D eigenvalue weighted by atomic mass is 35.5. The Bertz CT molecular complexity index is 1790. The summed E-state index contributed by atoms with van der Waals surface area (Å²) in [5.74, 6) is 2.60. The van der Waals surface area contributed by atoms with Crippen molar-refractivity contribution in [1.29, 1.82) is 0 Å². The summed E-state index contributed by atoms with van der Waals surface area (Å²) in [4.78, 5) is 36.7.